The maximum Gasteiger partial charge on any atom is 0.200 e. The molecule has 0 amide bonds. The van der Waals surface area contributed by atoms with Gasteiger partial charge in [0, 0.05) is 23.1 Å². The van der Waals surface area contributed by atoms with Crippen LogP contribution in [0.4, 0.5) is 22.0 Å². The van der Waals surface area contributed by atoms with Crippen LogP contribution in [0.15, 0.2) is 29.8 Å². The number of nitrogens with zero attached hydrogens (tertiary/aromatic N) is 1. The Labute approximate surface area is 201 Å². The standard InChI is InChI=1S/C23H8Cl2F5NO2S/c1-31-13-3-7(2-10-22(32)8-4-11(24)12(25)5-9(8)23(10)33)34-15(13)6-14(31)16-17(26)19(28)21(30)20(29)18(16)27/h2-6H,1H3. The van der Waals surface area contributed by atoms with E-state index in [2.05, 4.69) is 0 Å². The Morgan fingerprint density at radius 2 is 1.29 bits per heavy atom. The number of Topliss-reactive ketones (excluding diaryl/α,β-unsaturated/α-hetero) is 2. The highest BCUT2D eigenvalue weighted by Gasteiger charge is 2.34. The number of ketones is 2. The molecule has 0 saturated carbocycles. The van der Waals surface area contributed by atoms with Crippen molar-refractivity contribution in [3.05, 3.63) is 85.0 Å². The lowest BCUT2D eigenvalue weighted by Gasteiger charge is -2.09. The zero-order valence-electron chi connectivity index (χ0n) is 16.7. The minimum atomic E-state index is -2.24. The number of allylic oxidation sites excluding steroid dienone is 1. The molecule has 5 rings (SSSR count). The van der Waals surface area contributed by atoms with Crippen molar-refractivity contribution in [2.45, 2.75) is 0 Å². The van der Waals surface area contributed by atoms with E-state index in [9.17, 15) is 31.5 Å². The molecule has 0 atom stereocenters. The minimum Gasteiger partial charge on any atom is -0.343 e. The summed E-state index contributed by atoms with van der Waals surface area (Å²) in [5.41, 5.74) is -0.733. The number of hydrogen-bond acceptors (Lipinski definition) is 3. The van der Waals surface area contributed by atoms with Gasteiger partial charge in [0.15, 0.2) is 34.8 Å². The lowest BCUT2D eigenvalue weighted by Crippen LogP contribution is -2.06. The fourth-order valence-electron chi connectivity index (χ4n) is 3.86. The van der Waals surface area contributed by atoms with Gasteiger partial charge in [-0.05, 0) is 30.3 Å². The molecule has 0 fully saturated rings. The van der Waals surface area contributed by atoms with E-state index in [1.165, 1.54) is 42.0 Å². The van der Waals surface area contributed by atoms with E-state index in [1.54, 1.807) is 0 Å². The van der Waals surface area contributed by atoms with E-state index >= 15 is 0 Å². The number of fused-ring (bicyclic) bond motifs is 2. The van der Waals surface area contributed by atoms with Crippen molar-refractivity contribution in [2.24, 2.45) is 7.05 Å². The van der Waals surface area contributed by atoms with Gasteiger partial charge in [-0.3, -0.25) is 9.59 Å². The van der Waals surface area contributed by atoms with Gasteiger partial charge in [0.25, 0.3) is 0 Å². The second kappa shape index (κ2) is 7.76. The zero-order chi connectivity index (χ0) is 24.6. The highest BCUT2D eigenvalue weighted by Crippen LogP contribution is 2.39. The average Bonchev–Trinajstić information content (AvgIpc) is 3.40. The predicted octanol–water partition coefficient (Wildman–Crippen LogP) is 7.37. The molecule has 0 saturated heterocycles. The maximum atomic E-state index is 14.3. The molecule has 11 heteroatoms. The van der Waals surface area contributed by atoms with E-state index in [1.807, 2.05) is 0 Å². The van der Waals surface area contributed by atoms with Crippen molar-refractivity contribution in [1.82, 2.24) is 4.57 Å². The summed E-state index contributed by atoms with van der Waals surface area (Å²) in [6.45, 7) is 0. The Hall–Kier alpha value is -3.01. The Morgan fingerprint density at radius 1 is 0.794 bits per heavy atom. The summed E-state index contributed by atoms with van der Waals surface area (Å²) in [6.07, 6.45) is 1.37. The fourth-order valence-corrected chi connectivity index (χ4v) is 5.26. The first-order valence-electron chi connectivity index (χ1n) is 9.42. The Balaban J connectivity index is 1.60. The Morgan fingerprint density at radius 3 is 1.79 bits per heavy atom. The van der Waals surface area contributed by atoms with Crippen LogP contribution in [0.1, 0.15) is 25.6 Å². The quantitative estimate of drug-likeness (QED) is 0.0896. The molecular weight excluding hydrogens is 520 g/mol. The molecule has 2 aromatic carbocycles. The van der Waals surface area contributed by atoms with E-state index in [-0.39, 0.29) is 32.4 Å². The number of carbonyl (C=O) groups is 2. The largest absolute Gasteiger partial charge is 0.343 e. The lowest BCUT2D eigenvalue weighted by molar-refractivity contribution is 0.0990. The first-order chi connectivity index (χ1) is 16.0. The number of thiophene rings is 1. The van der Waals surface area contributed by atoms with Gasteiger partial charge in [-0.25, -0.2) is 22.0 Å². The molecule has 0 bridgehead atoms. The Kier molecular flexibility index (Phi) is 5.20. The topological polar surface area (TPSA) is 39.1 Å². The first kappa shape index (κ1) is 22.8. The van der Waals surface area contributed by atoms with Crippen LogP contribution in [0.2, 0.25) is 10.0 Å². The van der Waals surface area contributed by atoms with Gasteiger partial charge in [0.05, 0.1) is 37.1 Å². The highest BCUT2D eigenvalue weighted by molar-refractivity contribution is 7.19. The van der Waals surface area contributed by atoms with Gasteiger partial charge in [0.1, 0.15) is 0 Å². The average molecular weight is 528 g/mol. The summed E-state index contributed by atoms with van der Waals surface area (Å²) in [7, 11) is 1.39. The molecule has 1 aliphatic carbocycles. The van der Waals surface area contributed by atoms with Crippen LogP contribution in [0.5, 0.6) is 0 Å². The van der Waals surface area contributed by atoms with E-state index in [0.29, 0.717) is 15.1 Å². The fraction of sp³-hybridized carbons (Fsp3) is 0.0435. The minimum absolute atomic E-state index is 0.111. The van der Waals surface area contributed by atoms with Crippen LogP contribution >= 0.6 is 34.5 Å². The summed E-state index contributed by atoms with van der Waals surface area (Å²) in [4.78, 5) is 25.9. The Bertz CT molecular complexity index is 1560. The molecule has 0 aliphatic heterocycles. The van der Waals surface area contributed by atoms with Crippen molar-refractivity contribution < 1.29 is 31.5 Å². The van der Waals surface area contributed by atoms with Gasteiger partial charge in [-0.1, -0.05) is 23.2 Å². The number of aromatic nitrogens is 1. The van der Waals surface area contributed by atoms with Crippen molar-refractivity contribution in [2.75, 3.05) is 0 Å². The van der Waals surface area contributed by atoms with Gasteiger partial charge in [0.2, 0.25) is 5.82 Å². The number of halogens is 7. The molecular formula is C23H8Cl2F5NO2S. The van der Waals surface area contributed by atoms with Gasteiger partial charge < -0.3 is 4.57 Å². The van der Waals surface area contributed by atoms with E-state index in [0.717, 1.165) is 11.3 Å². The SMILES string of the molecule is Cn1c(-c2c(F)c(F)c(F)c(F)c2F)cc2sc(C=C3C(=O)c4cc(Cl)c(Cl)cc4C3=O)cc21. The van der Waals surface area contributed by atoms with Gasteiger partial charge >= 0.3 is 0 Å². The van der Waals surface area contributed by atoms with Crippen LogP contribution in [0.25, 0.3) is 27.6 Å². The third-order valence-electron chi connectivity index (χ3n) is 5.54. The molecule has 4 aromatic rings. The third-order valence-corrected chi connectivity index (χ3v) is 7.28. The monoisotopic (exact) mass is 527 g/mol. The van der Waals surface area contributed by atoms with Crippen LogP contribution < -0.4 is 0 Å². The molecule has 2 aromatic heterocycles. The number of hydrogen-bond donors (Lipinski definition) is 0. The molecule has 0 unspecified atom stereocenters. The van der Waals surface area contributed by atoms with E-state index in [4.69, 9.17) is 23.2 Å². The second-order valence-corrected chi connectivity index (χ2v) is 9.39. The summed E-state index contributed by atoms with van der Waals surface area (Å²) in [6, 6.07) is 5.45. The summed E-state index contributed by atoms with van der Waals surface area (Å²) < 4.78 is 71.0. The van der Waals surface area contributed by atoms with Crippen molar-refractivity contribution in [3.63, 3.8) is 0 Å². The lowest BCUT2D eigenvalue weighted by atomic mass is 10.1. The molecule has 1 aliphatic rings. The van der Waals surface area contributed by atoms with Crippen LogP contribution in [-0.4, -0.2) is 16.1 Å². The summed E-state index contributed by atoms with van der Waals surface area (Å²) in [5.74, 6) is -11.3. The molecule has 0 N–H and O–H groups in total. The smallest absolute Gasteiger partial charge is 0.200 e. The molecule has 34 heavy (non-hydrogen) atoms. The predicted molar refractivity (Wildman–Crippen MR) is 119 cm³/mol. The normalized spacial score (nSPS) is 13.4. The molecule has 3 nitrogen and oxygen atoms in total. The van der Waals surface area contributed by atoms with E-state index < -0.39 is 46.2 Å². The third kappa shape index (κ3) is 3.14. The van der Waals surface area contributed by atoms with Crippen LogP contribution in [-0.2, 0) is 7.05 Å². The molecule has 2 heterocycles. The summed E-state index contributed by atoms with van der Waals surface area (Å²) >= 11 is 13.0. The van der Waals surface area contributed by atoms with Crippen molar-refractivity contribution >= 4 is 62.4 Å². The number of rotatable bonds is 2. The number of carbonyl (C=O) groups excluding carboxylic acids is 2. The van der Waals surface area contributed by atoms with Crippen LogP contribution in [0, 0.1) is 29.1 Å². The molecule has 172 valence electrons. The molecule has 0 spiro atoms. The van der Waals surface area contributed by atoms with Crippen molar-refractivity contribution in [1.29, 1.82) is 0 Å². The highest BCUT2D eigenvalue weighted by atomic mass is 35.5. The van der Waals surface area contributed by atoms with Crippen molar-refractivity contribution in [3.8, 4) is 11.3 Å². The first-order valence-corrected chi connectivity index (χ1v) is 11.0. The number of aryl methyl sites for hydroxylation is 1. The van der Waals surface area contributed by atoms with Crippen LogP contribution in [0.3, 0.4) is 0 Å². The van der Waals surface area contributed by atoms with Gasteiger partial charge in [-0.15, -0.1) is 11.3 Å². The number of benzene rings is 2. The maximum absolute atomic E-state index is 14.3. The second-order valence-electron chi connectivity index (χ2n) is 7.46. The zero-order valence-corrected chi connectivity index (χ0v) is 19.0. The summed E-state index contributed by atoms with van der Waals surface area (Å²) in [5, 5.41) is 0.260. The molecule has 0 radical (unpaired) electrons. The van der Waals surface area contributed by atoms with Gasteiger partial charge in [-0.2, -0.15) is 0 Å².